The van der Waals surface area contributed by atoms with Gasteiger partial charge in [0.2, 0.25) is 5.91 Å². The Labute approximate surface area is 115 Å². The molecule has 3 rings (SSSR count). The second-order valence-corrected chi connectivity index (χ2v) is 5.26. The number of aliphatic carboxylic acids is 1. The van der Waals surface area contributed by atoms with E-state index in [1.165, 1.54) is 6.33 Å². The van der Waals surface area contributed by atoms with E-state index in [2.05, 4.69) is 15.3 Å². The normalized spacial score (nSPS) is 30.4. The predicted octanol–water partition coefficient (Wildman–Crippen LogP) is 0.616. The van der Waals surface area contributed by atoms with E-state index >= 15 is 0 Å². The fourth-order valence-corrected chi connectivity index (χ4v) is 3.23. The predicted molar refractivity (Wildman–Crippen MR) is 69.2 cm³/mol. The molecule has 1 heterocycles. The van der Waals surface area contributed by atoms with Crippen molar-refractivity contribution < 1.29 is 14.7 Å². The Kier molecular flexibility index (Phi) is 3.22. The Morgan fingerprint density at radius 2 is 2.05 bits per heavy atom. The zero-order chi connectivity index (χ0) is 14.1. The van der Waals surface area contributed by atoms with Crippen molar-refractivity contribution in [1.82, 2.24) is 15.3 Å². The lowest BCUT2D eigenvalue weighted by molar-refractivity contribution is -0.147. The Hall–Kier alpha value is -2.24. The van der Waals surface area contributed by atoms with Crippen LogP contribution in [-0.2, 0) is 16.1 Å². The highest BCUT2D eigenvalue weighted by Crippen LogP contribution is 2.48. The summed E-state index contributed by atoms with van der Waals surface area (Å²) in [4.78, 5) is 31.4. The second-order valence-electron chi connectivity index (χ2n) is 5.26. The Morgan fingerprint density at radius 3 is 2.70 bits per heavy atom. The third-order valence-corrected chi connectivity index (χ3v) is 4.13. The molecule has 0 aliphatic heterocycles. The van der Waals surface area contributed by atoms with Gasteiger partial charge in [-0.05, 0) is 24.3 Å². The van der Waals surface area contributed by atoms with Gasteiger partial charge >= 0.3 is 5.97 Å². The number of hydrogen-bond acceptors (Lipinski definition) is 4. The van der Waals surface area contributed by atoms with Crippen LogP contribution in [0.2, 0.25) is 0 Å². The van der Waals surface area contributed by atoms with Gasteiger partial charge in [-0.1, -0.05) is 12.2 Å². The molecule has 2 N–H and O–H groups in total. The second kappa shape index (κ2) is 5.03. The SMILES string of the molecule is O=C(O)C1C2C=CC(C2)C1C(=O)NCc1ccncn1. The first-order valence-electron chi connectivity index (χ1n) is 6.60. The summed E-state index contributed by atoms with van der Waals surface area (Å²) in [7, 11) is 0. The van der Waals surface area contributed by atoms with Gasteiger partial charge in [-0.25, -0.2) is 9.97 Å². The van der Waals surface area contributed by atoms with Crippen molar-refractivity contribution in [3.63, 3.8) is 0 Å². The summed E-state index contributed by atoms with van der Waals surface area (Å²) in [6, 6.07) is 1.72. The monoisotopic (exact) mass is 273 g/mol. The number of carbonyl (C=O) groups is 2. The van der Waals surface area contributed by atoms with E-state index in [4.69, 9.17) is 0 Å². The number of nitrogens with one attached hydrogen (secondary N) is 1. The zero-order valence-corrected chi connectivity index (χ0v) is 10.8. The summed E-state index contributed by atoms with van der Waals surface area (Å²) >= 11 is 0. The number of amides is 1. The van der Waals surface area contributed by atoms with E-state index in [0.717, 1.165) is 6.42 Å². The maximum absolute atomic E-state index is 12.3. The summed E-state index contributed by atoms with van der Waals surface area (Å²) < 4.78 is 0. The van der Waals surface area contributed by atoms with Gasteiger partial charge in [0.1, 0.15) is 6.33 Å². The number of carbonyl (C=O) groups excluding carboxylic acids is 1. The van der Waals surface area contributed by atoms with E-state index < -0.39 is 17.8 Å². The molecule has 0 saturated heterocycles. The average Bonchev–Trinajstić information content (AvgIpc) is 3.06. The quantitative estimate of drug-likeness (QED) is 0.784. The number of carboxylic acid groups (broad SMARTS) is 1. The van der Waals surface area contributed by atoms with E-state index in [0.29, 0.717) is 12.2 Å². The van der Waals surface area contributed by atoms with Crippen molar-refractivity contribution in [1.29, 1.82) is 0 Å². The molecule has 1 aromatic rings. The number of aromatic nitrogens is 2. The van der Waals surface area contributed by atoms with Gasteiger partial charge in [-0.15, -0.1) is 0 Å². The molecular formula is C14H15N3O3. The molecule has 6 nitrogen and oxygen atoms in total. The first-order valence-corrected chi connectivity index (χ1v) is 6.60. The summed E-state index contributed by atoms with van der Waals surface area (Å²) in [5.74, 6) is -2.12. The molecule has 1 saturated carbocycles. The van der Waals surface area contributed by atoms with Crippen LogP contribution in [0.5, 0.6) is 0 Å². The smallest absolute Gasteiger partial charge is 0.307 e. The summed E-state index contributed by atoms with van der Waals surface area (Å²) in [5.41, 5.74) is 0.707. The molecule has 2 bridgehead atoms. The molecule has 1 aromatic heterocycles. The fraction of sp³-hybridized carbons (Fsp3) is 0.429. The van der Waals surface area contributed by atoms with Crippen LogP contribution >= 0.6 is 0 Å². The molecule has 4 unspecified atom stereocenters. The van der Waals surface area contributed by atoms with Crippen LogP contribution in [0.4, 0.5) is 0 Å². The molecule has 1 amide bonds. The highest BCUT2D eigenvalue weighted by atomic mass is 16.4. The first-order chi connectivity index (χ1) is 9.66. The number of fused-ring (bicyclic) bond motifs is 2. The minimum Gasteiger partial charge on any atom is -0.481 e. The van der Waals surface area contributed by atoms with Gasteiger partial charge in [-0.2, -0.15) is 0 Å². The fourth-order valence-electron chi connectivity index (χ4n) is 3.23. The van der Waals surface area contributed by atoms with Gasteiger partial charge in [0.25, 0.3) is 0 Å². The van der Waals surface area contributed by atoms with E-state index in [-0.39, 0.29) is 17.7 Å². The maximum Gasteiger partial charge on any atom is 0.307 e. The van der Waals surface area contributed by atoms with Crippen molar-refractivity contribution >= 4 is 11.9 Å². The lowest BCUT2D eigenvalue weighted by Gasteiger charge is -2.23. The third kappa shape index (κ3) is 2.17. The molecule has 2 aliphatic carbocycles. The first kappa shape index (κ1) is 12.8. The topological polar surface area (TPSA) is 92.2 Å². The number of allylic oxidation sites excluding steroid dienone is 2. The number of rotatable bonds is 4. The van der Waals surface area contributed by atoms with Crippen LogP contribution in [0.3, 0.4) is 0 Å². The minimum absolute atomic E-state index is 0.00713. The van der Waals surface area contributed by atoms with Crippen molar-refractivity contribution in [3.8, 4) is 0 Å². The van der Waals surface area contributed by atoms with Crippen LogP contribution in [0.15, 0.2) is 30.7 Å². The van der Waals surface area contributed by atoms with Crippen LogP contribution in [0, 0.1) is 23.7 Å². The molecule has 1 fully saturated rings. The standard InChI is InChI=1S/C14H15N3O3/c18-13(16-6-10-3-4-15-7-17-10)11-8-1-2-9(5-8)12(11)14(19)20/h1-4,7-9,11-12H,5-6H2,(H,16,18)(H,19,20). The zero-order valence-electron chi connectivity index (χ0n) is 10.8. The average molecular weight is 273 g/mol. The molecule has 0 spiro atoms. The number of hydrogen-bond donors (Lipinski definition) is 2. The molecule has 104 valence electrons. The number of nitrogens with zero attached hydrogens (tertiary/aromatic N) is 2. The van der Waals surface area contributed by atoms with Crippen LogP contribution in [0.1, 0.15) is 12.1 Å². The van der Waals surface area contributed by atoms with Gasteiger partial charge < -0.3 is 10.4 Å². The van der Waals surface area contributed by atoms with Crippen molar-refractivity contribution in [2.24, 2.45) is 23.7 Å². The molecule has 20 heavy (non-hydrogen) atoms. The summed E-state index contributed by atoms with van der Waals surface area (Å²) in [6.45, 7) is 0.297. The Morgan fingerprint density at radius 1 is 1.30 bits per heavy atom. The van der Waals surface area contributed by atoms with Crippen molar-refractivity contribution in [2.75, 3.05) is 0 Å². The van der Waals surface area contributed by atoms with E-state index in [9.17, 15) is 14.7 Å². The molecule has 0 radical (unpaired) electrons. The molecule has 2 aliphatic rings. The third-order valence-electron chi connectivity index (χ3n) is 4.13. The van der Waals surface area contributed by atoms with Gasteiger partial charge in [0.05, 0.1) is 24.1 Å². The number of carboxylic acids is 1. The van der Waals surface area contributed by atoms with Gasteiger partial charge in [0.15, 0.2) is 0 Å². The van der Waals surface area contributed by atoms with Gasteiger partial charge in [0, 0.05) is 6.20 Å². The van der Waals surface area contributed by atoms with Crippen LogP contribution in [0.25, 0.3) is 0 Å². The van der Waals surface area contributed by atoms with Gasteiger partial charge in [-0.3, -0.25) is 9.59 Å². The largest absolute Gasteiger partial charge is 0.481 e. The highest BCUT2D eigenvalue weighted by Gasteiger charge is 2.51. The molecular weight excluding hydrogens is 258 g/mol. The highest BCUT2D eigenvalue weighted by molar-refractivity contribution is 5.86. The lowest BCUT2D eigenvalue weighted by Crippen LogP contribution is -2.40. The van der Waals surface area contributed by atoms with Crippen LogP contribution < -0.4 is 5.32 Å². The summed E-state index contributed by atoms with van der Waals surface area (Å²) in [6.07, 6.45) is 7.69. The lowest BCUT2D eigenvalue weighted by atomic mass is 9.82. The molecule has 4 atom stereocenters. The van der Waals surface area contributed by atoms with Crippen molar-refractivity contribution in [2.45, 2.75) is 13.0 Å². The molecule has 6 heteroatoms. The summed E-state index contributed by atoms with van der Waals surface area (Å²) in [5, 5.41) is 12.1. The molecule has 0 aromatic carbocycles. The minimum atomic E-state index is -0.885. The van der Waals surface area contributed by atoms with Crippen LogP contribution in [-0.4, -0.2) is 27.0 Å². The Bertz CT molecular complexity index is 558. The van der Waals surface area contributed by atoms with E-state index in [1.54, 1.807) is 12.3 Å². The maximum atomic E-state index is 12.3. The van der Waals surface area contributed by atoms with E-state index in [1.807, 2.05) is 12.2 Å². The Balaban J connectivity index is 1.68. The van der Waals surface area contributed by atoms with Crippen molar-refractivity contribution in [3.05, 3.63) is 36.4 Å².